The number of carbonyl (C=O) groups excluding carboxylic acids is 1. The first-order valence-corrected chi connectivity index (χ1v) is 6.48. The zero-order valence-electron chi connectivity index (χ0n) is 10.1. The molecule has 1 aliphatic heterocycles. The summed E-state index contributed by atoms with van der Waals surface area (Å²) in [4.78, 5) is 19.2. The molecule has 96 valence electrons. The molecule has 0 radical (unpaired) electrons. The van der Waals surface area contributed by atoms with Gasteiger partial charge in [-0.3, -0.25) is 9.79 Å². The Morgan fingerprint density at radius 1 is 1.32 bits per heavy atom. The lowest BCUT2D eigenvalue weighted by atomic mass is 10.0. The predicted molar refractivity (Wildman–Crippen MR) is 75.9 cm³/mol. The average molecular weight is 274 g/mol. The summed E-state index contributed by atoms with van der Waals surface area (Å²) in [6, 6.07) is 9.58. The van der Waals surface area contributed by atoms with E-state index in [4.69, 9.17) is 11.6 Å². The number of carbonyl (C=O) groups is 1. The molecular formula is C14H12ClN3O. The number of rotatable bonds is 2. The Hall–Kier alpha value is -2.07. The number of hydrogen-bond donors (Lipinski definition) is 2. The molecule has 0 saturated carbocycles. The van der Waals surface area contributed by atoms with Crippen molar-refractivity contribution in [1.29, 1.82) is 0 Å². The van der Waals surface area contributed by atoms with E-state index in [1.165, 1.54) is 0 Å². The highest BCUT2D eigenvalue weighted by atomic mass is 35.5. The number of amides is 1. The molecule has 0 atom stereocenters. The van der Waals surface area contributed by atoms with Crippen molar-refractivity contribution in [2.24, 2.45) is 4.99 Å². The molecule has 0 aliphatic carbocycles. The second-order valence-corrected chi connectivity index (χ2v) is 4.58. The summed E-state index contributed by atoms with van der Waals surface area (Å²) < 4.78 is 0. The van der Waals surface area contributed by atoms with E-state index in [-0.39, 0.29) is 12.5 Å². The zero-order chi connectivity index (χ0) is 13.2. The van der Waals surface area contributed by atoms with Crippen LogP contribution in [0.3, 0.4) is 0 Å². The fourth-order valence-electron chi connectivity index (χ4n) is 2.11. The molecule has 2 N–H and O–H groups in total. The smallest absolute Gasteiger partial charge is 0.246 e. The molecule has 19 heavy (non-hydrogen) atoms. The molecule has 1 aromatic heterocycles. The van der Waals surface area contributed by atoms with E-state index >= 15 is 0 Å². The van der Waals surface area contributed by atoms with Crippen molar-refractivity contribution in [2.75, 3.05) is 11.9 Å². The van der Waals surface area contributed by atoms with Crippen molar-refractivity contribution >= 4 is 28.9 Å². The second-order valence-electron chi connectivity index (χ2n) is 4.31. The van der Waals surface area contributed by atoms with Gasteiger partial charge in [0.1, 0.15) is 6.54 Å². The number of H-pyrrole nitrogens is 1. The van der Waals surface area contributed by atoms with Gasteiger partial charge >= 0.3 is 0 Å². The molecule has 0 bridgehead atoms. The number of fused-ring (bicyclic) bond motifs is 1. The van der Waals surface area contributed by atoms with Crippen LogP contribution in [0.15, 0.2) is 41.5 Å². The van der Waals surface area contributed by atoms with Gasteiger partial charge in [0, 0.05) is 17.6 Å². The Bertz CT molecular complexity index is 647. The number of aliphatic imine (C=N–C) groups is 1. The minimum Gasteiger partial charge on any atom is -0.360 e. The van der Waals surface area contributed by atoms with Crippen molar-refractivity contribution in [2.45, 2.75) is 5.88 Å². The maximum atomic E-state index is 11.7. The quantitative estimate of drug-likeness (QED) is 0.812. The molecule has 5 heteroatoms. The molecule has 3 rings (SSSR count). The van der Waals surface area contributed by atoms with Gasteiger partial charge in [-0.05, 0) is 29.8 Å². The van der Waals surface area contributed by atoms with Gasteiger partial charge < -0.3 is 10.3 Å². The highest BCUT2D eigenvalue weighted by Gasteiger charge is 2.18. The van der Waals surface area contributed by atoms with Crippen molar-refractivity contribution in [3.63, 3.8) is 0 Å². The van der Waals surface area contributed by atoms with E-state index in [1.54, 1.807) is 0 Å². The van der Waals surface area contributed by atoms with Crippen LogP contribution in [0.25, 0.3) is 0 Å². The van der Waals surface area contributed by atoms with E-state index in [1.807, 2.05) is 36.5 Å². The van der Waals surface area contributed by atoms with Crippen LogP contribution in [-0.2, 0) is 10.7 Å². The third-order valence-electron chi connectivity index (χ3n) is 3.00. The summed E-state index contributed by atoms with van der Waals surface area (Å²) >= 11 is 5.88. The molecule has 0 spiro atoms. The summed E-state index contributed by atoms with van der Waals surface area (Å²) in [5, 5.41) is 2.86. The first-order chi connectivity index (χ1) is 9.28. The van der Waals surface area contributed by atoms with Crippen molar-refractivity contribution < 1.29 is 4.79 Å². The first-order valence-electron chi connectivity index (χ1n) is 5.95. The van der Waals surface area contributed by atoms with Gasteiger partial charge in [0.15, 0.2) is 0 Å². The number of nitrogens with zero attached hydrogens (tertiary/aromatic N) is 1. The highest BCUT2D eigenvalue weighted by molar-refractivity contribution is 6.19. The van der Waals surface area contributed by atoms with Gasteiger partial charge in [0.05, 0.1) is 17.1 Å². The largest absolute Gasteiger partial charge is 0.360 e. The number of alkyl halides is 1. The lowest BCUT2D eigenvalue weighted by Crippen LogP contribution is -2.13. The first kappa shape index (κ1) is 12.0. The van der Waals surface area contributed by atoms with E-state index < -0.39 is 0 Å². The number of benzene rings is 1. The van der Waals surface area contributed by atoms with Crippen molar-refractivity contribution in [3.05, 3.63) is 53.3 Å². The summed E-state index contributed by atoms with van der Waals surface area (Å²) in [6.45, 7) is 0.124. The van der Waals surface area contributed by atoms with Crippen LogP contribution in [0.2, 0.25) is 0 Å². The van der Waals surface area contributed by atoms with E-state index in [0.717, 1.165) is 28.2 Å². The average Bonchev–Trinajstić information content (AvgIpc) is 2.89. The zero-order valence-corrected chi connectivity index (χ0v) is 10.9. The van der Waals surface area contributed by atoms with Crippen molar-refractivity contribution in [3.8, 4) is 0 Å². The number of anilines is 1. The Labute approximate surface area is 115 Å². The summed E-state index contributed by atoms with van der Waals surface area (Å²) in [5.74, 6) is 0.320. The van der Waals surface area contributed by atoms with Crippen molar-refractivity contribution in [1.82, 2.24) is 4.98 Å². The van der Waals surface area contributed by atoms with Crippen LogP contribution in [0.1, 0.15) is 16.8 Å². The molecule has 1 amide bonds. The summed E-state index contributed by atoms with van der Waals surface area (Å²) in [7, 11) is 0. The minimum absolute atomic E-state index is 0.110. The molecule has 1 aliphatic rings. The fourth-order valence-corrected chi connectivity index (χ4v) is 2.28. The molecule has 0 saturated heterocycles. The summed E-state index contributed by atoms with van der Waals surface area (Å²) in [6.07, 6.45) is 1.84. The minimum atomic E-state index is -0.110. The van der Waals surface area contributed by atoms with Gasteiger partial charge in [-0.15, -0.1) is 11.6 Å². The Kier molecular flexibility index (Phi) is 3.09. The SMILES string of the molecule is O=C1CN=C(c2ccc[nH]2)c2cc(CCl)ccc2N1. The van der Waals surface area contributed by atoms with E-state index in [2.05, 4.69) is 15.3 Å². The van der Waals surface area contributed by atoms with Crippen LogP contribution in [-0.4, -0.2) is 23.1 Å². The molecular weight excluding hydrogens is 262 g/mol. The van der Waals surface area contributed by atoms with Crippen LogP contribution in [0.4, 0.5) is 5.69 Å². The molecule has 2 heterocycles. The Morgan fingerprint density at radius 2 is 2.21 bits per heavy atom. The van der Waals surface area contributed by atoms with Gasteiger partial charge in [-0.1, -0.05) is 6.07 Å². The monoisotopic (exact) mass is 273 g/mol. The van der Waals surface area contributed by atoms with Crippen LogP contribution in [0, 0.1) is 0 Å². The van der Waals surface area contributed by atoms with Gasteiger partial charge in [0.2, 0.25) is 5.91 Å². The summed E-state index contributed by atoms with van der Waals surface area (Å²) in [5.41, 5.74) is 4.33. The standard InChI is InChI=1S/C14H12ClN3O/c15-7-9-3-4-11-10(6-9)14(12-2-1-5-16-12)17-8-13(19)18-11/h1-6,16H,7-8H2,(H,18,19). The lowest BCUT2D eigenvalue weighted by molar-refractivity contribution is -0.114. The maximum Gasteiger partial charge on any atom is 0.246 e. The number of hydrogen-bond acceptors (Lipinski definition) is 2. The number of aromatic nitrogens is 1. The number of benzodiazepines with no additional fused rings is 1. The molecule has 2 aromatic rings. The molecule has 0 fully saturated rings. The van der Waals surface area contributed by atoms with Gasteiger partial charge in [-0.25, -0.2) is 0 Å². The Balaban J connectivity index is 2.18. The van der Waals surface area contributed by atoms with E-state index in [9.17, 15) is 4.79 Å². The van der Waals surface area contributed by atoms with Gasteiger partial charge in [-0.2, -0.15) is 0 Å². The van der Waals surface area contributed by atoms with Crippen LogP contribution in [0.5, 0.6) is 0 Å². The number of nitrogens with one attached hydrogen (secondary N) is 2. The van der Waals surface area contributed by atoms with Crippen LogP contribution < -0.4 is 5.32 Å². The third kappa shape index (κ3) is 2.27. The maximum absolute atomic E-state index is 11.7. The normalized spacial score (nSPS) is 14.4. The fraction of sp³-hybridized carbons (Fsp3) is 0.143. The topological polar surface area (TPSA) is 57.2 Å². The molecule has 1 aromatic carbocycles. The molecule has 4 nitrogen and oxygen atoms in total. The molecule has 0 unspecified atom stereocenters. The lowest BCUT2D eigenvalue weighted by Gasteiger charge is -2.10. The number of aromatic amines is 1. The predicted octanol–water partition coefficient (Wildman–Crippen LogP) is 2.54. The van der Waals surface area contributed by atoms with E-state index in [0.29, 0.717) is 5.88 Å². The highest BCUT2D eigenvalue weighted by Crippen LogP contribution is 2.24. The number of halogens is 1. The second kappa shape index (κ2) is 4.90. The van der Waals surface area contributed by atoms with Crippen LogP contribution >= 0.6 is 11.6 Å². The van der Waals surface area contributed by atoms with Gasteiger partial charge in [0.25, 0.3) is 0 Å². The Morgan fingerprint density at radius 3 is 2.95 bits per heavy atom. The third-order valence-corrected chi connectivity index (χ3v) is 3.31.